The molecule has 0 bridgehead atoms. The molecule has 14 heteroatoms. The molecule has 11 nitrogen and oxygen atoms in total. The first-order valence-electron chi connectivity index (χ1n) is 14.6. The maximum Gasteiger partial charge on any atom is 0.399 e. The van der Waals surface area contributed by atoms with Gasteiger partial charge in [-0.3, -0.25) is 28.6 Å². The van der Waals surface area contributed by atoms with Crippen LogP contribution in [-0.2, 0) is 42.2 Å². The standard InChI is InChI=1S/C31H37F2N4O7P/c1-17(2)23(13-14-26(34)38)36-29(40)25-16-21-6-4-5-20-9-12-24(30(41)37(25)28(20)21)35-27(39)15-18(3)19-7-10-22(11-8-19)31(32,33)45(42,43)44/h4-8,10-11,15,17,23-25H,9,12-14,16H2,1-3H3,(H2,34,38)(H,35,39)(H,36,40)(H2,42,43,44)/b18-15+/t23-,24-,25-/m0/s1. The van der Waals surface area contributed by atoms with Crippen LogP contribution in [0.3, 0.4) is 0 Å². The number of hydrogen-bond acceptors (Lipinski definition) is 5. The Labute approximate surface area is 259 Å². The van der Waals surface area contributed by atoms with E-state index in [2.05, 4.69) is 10.6 Å². The van der Waals surface area contributed by atoms with Gasteiger partial charge in [-0.15, -0.1) is 0 Å². The van der Waals surface area contributed by atoms with Crippen LogP contribution in [0.25, 0.3) is 5.57 Å². The van der Waals surface area contributed by atoms with Gasteiger partial charge in [0, 0.05) is 30.5 Å². The normalized spacial score (nSPS) is 19.2. The van der Waals surface area contributed by atoms with E-state index in [1.54, 1.807) is 6.92 Å². The Bertz CT molecular complexity index is 1570. The van der Waals surface area contributed by atoms with Gasteiger partial charge in [-0.1, -0.05) is 56.3 Å². The first-order valence-corrected chi connectivity index (χ1v) is 16.2. The lowest BCUT2D eigenvalue weighted by molar-refractivity contribution is -0.129. The van der Waals surface area contributed by atoms with Crippen molar-refractivity contribution in [2.45, 2.75) is 76.7 Å². The van der Waals surface area contributed by atoms with Gasteiger partial charge in [-0.2, -0.15) is 8.78 Å². The number of halogens is 2. The van der Waals surface area contributed by atoms with Crippen molar-refractivity contribution in [3.63, 3.8) is 0 Å². The number of anilines is 1. The third-order valence-corrected chi connectivity index (χ3v) is 9.25. The highest BCUT2D eigenvalue weighted by atomic mass is 31.2. The molecule has 45 heavy (non-hydrogen) atoms. The minimum absolute atomic E-state index is 0.00769. The summed E-state index contributed by atoms with van der Waals surface area (Å²) in [5.41, 5.74) is 3.18. The summed E-state index contributed by atoms with van der Waals surface area (Å²) in [6, 6.07) is 7.65. The molecule has 6 N–H and O–H groups in total. The molecular formula is C31H37F2N4O7P. The summed E-state index contributed by atoms with van der Waals surface area (Å²) in [5, 5.41) is 5.72. The smallest absolute Gasteiger partial charge is 0.370 e. The van der Waals surface area contributed by atoms with Gasteiger partial charge in [0.1, 0.15) is 12.1 Å². The average molecular weight is 647 g/mol. The fourth-order valence-electron chi connectivity index (χ4n) is 5.72. The number of carbonyl (C=O) groups is 4. The van der Waals surface area contributed by atoms with Crippen molar-refractivity contribution in [2.24, 2.45) is 11.7 Å². The number of primary amides is 1. The third-order valence-electron chi connectivity index (χ3n) is 8.26. The molecule has 0 saturated carbocycles. The number of amides is 4. The summed E-state index contributed by atoms with van der Waals surface area (Å²) in [6.07, 6.45) is 2.70. The molecule has 2 heterocycles. The lowest BCUT2D eigenvalue weighted by Crippen LogP contribution is -2.56. The number of alkyl halides is 2. The SMILES string of the molecule is C/C(=C\C(=O)N[C@H]1CCc2cccc3c2N(C1=O)[C@H](C(=O)N[C@@H](CCC(N)=O)C(C)C)C3)c1ccc(C(F)(F)P(=O)(O)O)cc1. The van der Waals surface area contributed by atoms with Gasteiger partial charge >= 0.3 is 13.3 Å². The van der Waals surface area contributed by atoms with E-state index in [0.717, 1.165) is 23.3 Å². The fourth-order valence-corrected chi connectivity index (χ4v) is 6.20. The average Bonchev–Trinajstić information content (AvgIpc) is 3.30. The predicted octanol–water partition coefficient (Wildman–Crippen LogP) is 3.11. The molecule has 0 aromatic heterocycles. The zero-order valence-corrected chi connectivity index (χ0v) is 26.0. The molecule has 2 aliphatic heterocycles. The van der Waals surface area contributed by atoms with Gasteiger partial charge in [0.25, 0.3) is 0 Å². The topological polar surface area (TPSA) is 179 Å². The number of nitrogens with one attached hydrogen (secondary N) is 2. The van der Waals surface area contributed by atoms with Gasteiger partial charge in [-0.05, 0) is 54.4 Å². The van der Waals surface area contributed by atoms with Crippen molar-refractivity contribution in [1.29, 1.82) is 0 Å². The molecule has 0 saturated heterocycles. The maximum absolute atomic E-state index is 14.0. The van der Waals surface area contributed by atoms with Crippen LogP contribution >= 0.6 is 7.60 Å². The van der Waals surface area contributed by atoms with Crippen LogP contribution in [0.2, 0.25) is 0 Å². The van der Waals surface area contributed by atoms with Gasteiger partial charge in [0.15, 0.2) is 0 Å². The first kappa shape index (κ1) is 34.0. The minimum Gasteiger partial charge on any atom is -0.370 e. The summed E-state index contributed by atoms with van der Waals surface area (Å²) < 4.78 is 39.2. The van der Waals surface area contributed by atoms with Crippen LogP contribution in [0.4, 0.5) is 14.5 Å². The summed E-state index contributed by atoms with van der Waals surface area (Å²) in [7, 11) is -5.73. The largest absolute Gasteiger partial charge is 0.399 e. The van der Waals surface area contributed by atoms with Crippen molar-refractivity contribution in [1.82, 2.24) is 10.6 Å². The first-order chi connectivity index (χ1) is 21.0. The number of nitrogens with two attached hydrogens (primary N) is 1. The number of para-hydroxylation sites is 1. The highest BCUT2D eigenvalue weighted by Crippen LogP contribution is 2.59. The molecule has 0 spiro atoms. The highest BCUT2D eigenvalue weighted by Gasteiger charge is 2.50. The van der Waals surface area contributed by atoms with E-state index in [9.17, 15) is 32.5 Å². The molecule has 2 aromatic carbocycles. The lowest BCUT2D eigenvalue weighted by atomic mass is 9.98. The summed E-state index contributed by atoms with van der Waals surface area (Å²) >= 11 is 0. The number of hydrogen-bond donors (Lipinski definition) is 5. The Morgan fingerprint density at radius 1 is 1.13 bits per heavy atom. The van der Waals surface area contributed by atoms with Crippen LogP contribution in [0, 0.1) is 5.92 Å². The van der Waals surface area contributed by atoms with Crippen LogP contribution in [-0.4, -0.2) is 51.5 Å². The van der Waals surface area contributed by atoms with E-state index in [4.69, 9.17) is 15.5 Å². The summed E-state index contributed by atoms with van der Waals surface area (Å²) in [4.78, 5) is 71.3. The number of nitrogens with zero attached hydrogens (tertiary/aromatic N) is 1. The number of rotatable bonds is 11. The van der Waals surface area contributed by atoms with Crippen molar-refractivity contribution in [2.75, 3.05) is 4.90 Å². The molecule has 242 valence electrons. The molecule has 3 atom stereocenters. The fraction of sp³-hybridized carbons (Fsp3) is 0.419. The number of benzene rings is 2. The number of carbonyl (C=O) groups excluding carboxylic acids is 4. The molecule has 0 radical (unpaired) electrons. The van der Waals surface area contributed by atoms with Crippen molar-refractivity contribution < 1.29 is 42.3 Å². The Morgan fingerprint density at radius 3 is 2.38 bits per heavy atom. The molecule has 0 fully saturated rings. The zero-order chi connectivity index (χ0) is 33.3. The second kappa shape index (κ2) is 13.2. The van der Waals surface area contributed by atoms with Crippen LogP contribution in [0.15, 0.2) is 48.5 Å². The minimum atomic E-state index is -5.73. The molecule has 4 rings (SSSR count). The number of allylic oxidation sites excluding steroid dienone is 1. The maximum atomic E-state index is 14.0. The molecule has 0 unspecified atom stereocenters. The van der Waals surface area contributed by atoms with Gasteiger partial charge in [-0.25, -0.2) is 0 Å². The lowest BCUT2D eigenvalue weighted by Gasteiger charge is -2.30. The van der Waals surface area contributed by atoms with Crippen LogP contribution in [0.5, 0.6) is 0 Å². The van der Waals surface area contributed by atoms with Crippen molar-refractivity contribution in [3.8, 4) is 0 Å². The second-order valence-corrected chi connectivity index (χ2v) is 13.5. The zero-order valence-electron chi connectivity index (χ0n) is 25.1. The van der Waals surface area contributed by atoms with E-state index in [0.29, 0.717) is 29.7 Å². The van der Waals surface area contributed by atoms with E-state index < -0.39 is 48.6 Å². The van der Waals surface area contributed by atoms with E-state index >= 15 is 0 Å². The second-order valence-electron chi connectivity index (χ2n) is 11.8. The Morgan fingerprint density at radius 2 is 1.78 bits per heavy atom. The monoisotopic (exact) mass is 646 g/mol. The van der Waals surface area contributed by atoms with Gasteiger partial charge in [0.05, 0.1) is 5.69 Å². The summed E-state index contributed by atoms with van der Waals surface area (Å²) in [6.45, 7) is 5.38. The molecule has 2 aliphatic rings. The molecule has 0 aliphatic carbocycles. The quantitative estimate of drug-likeness (QED) is 0.184. The van der Waals surface area contributed by atoms with E-state index in [1.807, 2.05) is 32.0 Å². The Kier molecular flexibility index (Phi) is 9.96. The summed E-state index contributed by atoms with van der Waals surface area (Å²) in [5.74, 6) is -1.90. The molecule has 2 aromatic rings. The Hall–Kier alpha value is -3.93. The number of aryl methyl sites for hydroxylation is 1. The van der Waals surface area contributed by atoms with Crippen LogP contribution < -0.4 is 21.3 Å². The van der Waals surface area contributed by atoms with Crippen LogP contribution in [0.1, 0.15) is 62.3 Å². The molecular weight excluding hydrogens is 609 g/mol. The highest BCUT2D eigenvalue weighted by molar-refractivity contribution is 7.52. The van der Waals surface area contributed by atoms with E-state index in [-0.39, 0.29) is 37.1 Å². The van der Waals surface area contributed by atoms with E-state index in [1.165, 1.54) is 23.1 Å². The van der Waals surface area contributed by atoms with Gasteiger partial charge in [0.2, 0.25) is 23.6 Å². The predicted molar refractivity (Wildman–Crippen MR) is 163 cm³/mol. The molecule has 4 amide bonds. The van der Waals surface area contributed by atoms with Crippen molar-refractivity contribution >= 4 is 42.5 Å². The van der Waals surface area contributed by atoms with Crippen molar-refractivity contribution in [3.05, 3.63) is 70.8 Å². The third kappa shape index (κ3) is 7.32. The van der Waals surface area contributed by atoms with Gasteiger partial charge < -0.3 is 26.2 Å². The Balaban J connectivity index is 1.52.